The van der Waals surface area contributed by atoms with E-state index in [1.54, 1.807) is 11.1 Å². The summed E-state index contributed by atoms with van der Waals surface area (Å²) in [5.74, 6) is 0.930. The molecule has 0 radical (unpaired) electrons. The average molecular weight is 341 g/mol. The van der Waals surface area contributed by atoms with Crippen LogP contribution in [0.15, 0.2) is 18.3 Å². The molecule has 4 rings (SSSR count). The number of nitriles is 1. The van der Waals surface area contributed by atoms with Crippen molar-refractivity contribution in [3.05, 3.63) is 23.9 Å². The van der Waals surface area contributed by atoms with Gasteiger partial charge in [0.25, 0.3) is 0 Å². The molecule has 0 aromatic carbocycles. The fraction of sp³-hybridized carbons (Fsp3) is 0.611. The molecule has 3 saturated heterocycles. The summed E-state index contributed by atoms with van der Waals surface area (Å²) < 4.78 is 0. The molecule has 1 aromatic heterocycles. The van der Waals surface area contributed by atoms with E-state index in [-0.39, 0.29) is 12.1 Å². The van der Waals surface area contributed by atoms with Gasteiger partial charge in [-0.05, 0) is 37.8 Å². The Hall–Kier alpha value is -2.33. The molecular weight excluding hydrogens is 318 g/mol. The molecule has 0 aliphatic carbocycles. The summed E-state index contributed by atoms with van der Waals surface area (Å²) in [5.41, 5.74) is 0.586. The summed E-state index contributed by atoms with van der Waals surface area (Å²) in [6, 6.07) is 6.75. The summed E-state index contributed by atoms with van der Waals surface area (Å²) in [4.78, 5) is 22.3. The van der Waals surface area contributed by atoms with Gasteiger partial charge in [0.15, 0.2) is 0 Å². The maximum Gasteiger partial charge on any atom is 0.407 e. The average Bonchev–Trinajstić information content (AvgIpc) is 2.92. The lowest BCUT2D eigenvalue weighted by Crippen LogP contribution is -2.56. The molecule has 1 N–H and O–H groups in total. The number of piperidine rings is 1. The number of fused-ring (bicyclic) bond motifs is 2. The number of nitrogens with zero attached hydrogens (tertiary/aromatic N) is 5. The van der Waals surface area contributed by atoms with Crippen LogP contribution in [0.3, 0.4) is 0 Å². The van der Waals surface area contributed by atoms with Crippen LogP contribution in [-0.2, 0) is 0 Å². The minimum absolute atomic E-state index is 0.208. The fourth-order valence-corrected chi connectivity index (χ4v) is 4.71. The van der Waals surface area contributed by atoms with E-state index >= 15 is 0 Å². The van der Waals surface area contributed by atoms with Crippen molar-refractivity contribution in [2.75, 3.05) is 31.1 Å². The molecule has 25 heavy (non-hydrogen) atoms. The molecule has 132 valence electrons. The van der Waals surface area contributed by atoms with Gasteiger partial charge in [-0.15, -0.1) is 0 Å². The number of pyridine rings is 1. The SMILES string of the molecule is N#Cc1ccc(N2CCN(C3CC4CCC(C3)N4C(=O)O)CC2)nc1. The van der Waals surface area contributed by atoms with Crippen LogP contribution in [0.2, 0.25) is 0 Å². The molecule has 3 aliphatic heterocycles. The smallest absolute Gasteiger partial charge is 0.407 e. The zero-order valence-electron chi connectivity index (χ0n) is 14.2. The number of carboxylic acid groups (broad SMARTS) is 1. The first kappa shape index (κ1) is 16.2. The van der Waals surface area contributed by atoms with Crippen molar-refractivity contribution in [2.45, 2.75) is 43.8 Å². The van der Waals surface area contributed by atoms with E-state index in [0.29, 0.717) is 11.6 Å². The van der Waals surface area contributed by atoms with Crippen LogP contribution in [0.25, 0.3) is 0 Å². The summed E-state index contributed by atoms with van der Waals surface area (Å²) in [6.45, 7) is 3.82. The molecule has 0 saturated carbocycles. The molecule has 2 unspecified atom stereocenters. The third-order valence-corrected chi connectivity index (χ3v) is 5.96. The number of anilines is 1. The number of carbonyl (C=O) groups is 1. The lowest BCUT2D eigenvalue weighted by Gasteiger charge is -2.45. The second-order valence-electron chi connectivity index (χ2n) is 7.24. The topological polar surface area (TPSA) is 83.7 Å². The van der Waals surface area contributed by atoms with E-state index in [9.17, 15) is 9.90 Å². The summed E-state index contributed by atoms with van der Waals surface area (Å²) in [5, 5.41) is 18.3. The molecule has 0 spiro atoms. The van der Waals surface area contributed by atoms with Crippen molar-refractivity contribution in [1.82, 2.24) is 14.8 Å². The van der Waals surface area contributed by atoms with E-state index in [4.69, 9.17) is 5.26 Å². The van der Waals surface area contributed by atoms with Crippen molar-refractivity contribution >= 4 is 11.9 Å². The number of aromatic nitrogens is 1. The van der Waals surface area contributed by atoms with Gasteiger partial charge in [0.1, 0.15) is 11.9 Å². The first-order chi connectivity index (χ1) is 12.2. The Kier molecular flexibility index (Phi) is 4.22. The molecule has 1 amide bonds. The van der Waals surface area contributed by atoms with Crippen molar-refractivity contribution in [2.24, 2.45) is 0 Å². The van der Waals surface area contributed by atoms with Crippen molar-refractivity contribution in [1.29, 1.82) is 5.26 Å². The van der Waals surface area contributed by atoms with E-state index in [0.717, 1.165) is 57.7 Å². The van der Waals surface area contributed by atoms with E-state index < -0.39 is 6.09 Å². The van der Waals surface area contributed by atoms with Gasteiger partial charge in [0.2, 0.25) is 0 Å². The van der Waals surface area contributed by atoms with Crippen LogP contribution in [-0.4, -0.2) is 70.3 Å². The molecular formula is C18H23N5O2. The van der Waals surface area contributed by atoms with Gasteiger partial charge in [-0.25, -0.2) is 9.78 Å². The van der Waals surface area contributed by atoms with Crippen LogP contribution in [0, 0.1) is 11.3 Å². The normalized spacial score (nSPS) is 29.5. The first-order valence-corrected chi connectivity index (χ1v) is 9.02. The molecule has 3 fully saturated rings. The maximum absolute atomic E-state index is 11.4. The third-order valence-electron chi connectivity index (χ3n) is 5.96. The van der Waals surface area contributed by atoms with Crippen LogP contribution < -0.4 is 4.90 Å². The first-order valence-electron chi connectivity index (χ1n) is 9.02. The van der Waals surface area contributed by atoms with Gasteiger partial charge in [-0.1, -0.05) is 0 Å². The van der Waals surface area contributed by atoms with Gasteiger partial charge in [-0.2, -0.15) is 5.26 Å². The highest BCUT2D eigenvalue weighted by Gasteiger charge is 2.45. The summed E-state index contributed by atoms with van der Waals surface area (Å²) in [7, 11) is 0. The lowest BCUT2D eigenvalue weighted by molar-refractivity contribution is 0.0544. The Labute approximate surface area is 147 Å². The van der Waals surface area contributed by atoms with Crippen LogP contribution in [0.5, 0.6) is 0 Å². The molecule has 3 aliphatic rings. The molecule has 4 heterocycles. The van der Waals surface area contributed by atoms with Gasteiger partial charge < -0.3 is 14.9 Å². The minimum atomic E-state index is -0.748. The van der Waals surface area contributed by atoms with E-state index in [1.165, 1.54) is 0 Å². The van der Waals surface area contributed by atoms with Crippen LogP contribution >= 0.6 is 0 Å². The second-order valence-corrected chi connectivity index (χ2v) is 7.24. The molecule has 2 atom stereocenters. The second kappa shape index (κ2) is 6.52. The number of hydrogen-bond donors (Lipinski definition) is 1. The molecule has 7 nitrogen and oxygen atoms in total. The monoisotopic (exact) mass is 341 g/mol. The fourth-order valence-electron chi connectivity index (χ4n) is 4.71. The third kappa shape index (κ3) is 3.02. The summed E-state index contributed by atoms with van der Waals surface area (Å²) >= 11 is 0. The van der Waals surface area contributed by atoms with Crippen LogP contribution in [0.1, 0.15) is 31.2 Å². The quantitative estimate of drug-likeness (QED) is 0.882. The van der Waals surface area contributed by atoms with Gasteiger partial charge >= 0.3 is 6.09 Å². The number of piperazine rings is 1. The van der Waals surface area contributed by atoms with Crippen molar-refractivity contribution < 1.29 is 9.90 Å². The Balaban J connectivity index is 1.35. The van der Waals surface area contributed by atoms with Crippen molar-refractivity contribution in [3.63, 3.8) is 0 Å². The van der Waals surface area contributed by atoms with Crippen LogP contribution in [0.4, 0.5) is 10.6 Å². The Morgan fingerprint density at radius 1 is 1.12 bits per heavy atom. The Morgan fingerprint density at radius 2 is 1.80 bits per heavy atom. The lowest BCUT2D eigenvalue weighted by atomic mass is 9.95. The number of rotatable bonds is 2. The van der Waals surface area contributed by atoms with Gasteiger partial charge in [0.05, 0.1) is 5.56 Å². The highest BCUT2D eigenvalue weighted by molar-refractivity contribution is 5.66. The highest BCUT2D eigenvalue weighted by Crippen LogP contribution is 2.37. The predicted molar refractivity (Wildman–Crippen MR) is 92.4 cm³/mol. The zero-order chi connectivity index (χ0) is 17.4. The zero-order valence-corrected chi connectivity index (χ0v) is 14.2. The minimum Gasteiger partial charge on any atom is -0.465 e. The van der Waals surface area contributed by atoms with Crippen molar-refractivity contribution in [3.8, 4) is 6.07 Å². The maximum atomic E-state index is 11.4. The van der Waals surface area contributed by atoms with E-state index in [2.05, 4.69) is 20.9 Å². The largest absolute Gasteiger partial charge is 0.465 e. The molecule has 1 aromatic rings. The van der Waals surface area contributed by atoms with E-state index in [1.807, 2.05) is 12.1 Å². The number of hydrogen-bond acceptors (Lipinski definition) is 5. The molecule has 7 heteroatoms. The highest BCUT2D eigenvalue weighted by atomic mass is 16.4. The Bertz CT molecular complexity index is 664. The van der Waals surface area contributed by atoms with Gasteiger partial charge in [-0.3, -0.25) is 4.90 Å². The molecule has 2 bridgehead atoms. The Morgan fingerprint density at radius 3 is 2.32 bits per heavy atom. The summed E-state index contributed by atoms with van der Waals surface area (Å²) in [6.07, 6.45) is 4.85. The number of amides is 1. The predicted octanol–water partition coefficient (Wildman–Crippen LogP) is 1.75. The standard InChI is InChI=1S/C18H23N5O2/c19-11-13-1-4-17(20-12-13)22-7-5-21(6-8-22)16-9-14-2-3-15(10-16)23(14)18(24)25/h1,4,12,14-16H,2-3,5-10H2,(H,24,25). The van der Waals surface area contributed by atoms with Gasteiger partial charge in [0, 0.05) is 50.5 Å².